The van der Waals surface area contributed by atoms with Gasteiger partial charge in [0.2, 0.25) is 0 Å². The predicted molar refractivity (Wildman–Crippen MR) is 110 cm³/mol. The number of hydrogen-bond acceptors (Lipinski definition) is 5. The Kier molecular flexibility index (Phi) is 5.20. The van der Waals surface area contributed by atoms with E-state index in [0.29, 0.717) is 30.5 Å². The van der Waals surface area contributed by atoms with Crippen LogP contribution in [0.4, 0.5) is 0 Å². The summed E-state index contributed by atoms with van der Waals surface area (Å²) in [6.45, 7) is 6.47. The van der Waals surface area contributed by atoms with Crippen molar-refractivity contribution < 1.29 is 9.84 Å². The highest BCUT2D eigenvalue weighted by molar-refractivity contribution is 6.30. The number of phenols is 1. The van der Waals surface area contributed by atoms with Gasteiger partial charge in [0.05, 0.1) is 6.54 Å². The van der Waals surface area contributed by atoms with Crippen molar-refractivity contribution in [2.75, 3.05) is 13.2 Å². The van der Waals surface area contributed by atoms with Gasteiger partial charge in [-0.1, -0.05) is 23.7 Å². The average molecular weight is 396 g/mol. The number of aryl methyl sites for hydroxylation is 2. The van der Waals surface area contributed by atoms with E-state index < -0.39 is 0 Å². The molecule has 0 radical (unpaired) electrons. The lowest BCUT2D eigenvalue weighted by Gasteiger charge is -2.19. The fraction of sp³-hybridized carbons (Fsp3) is 0.273. The Hall–Kier alpha value is -2.63. The summed E-state index contributed by atoms with van der Waals surface area (Å²) in [6, 6.07) is 13.4. The van der Waals surface area contributed by atoms with Crippen LogP contribution in [0.1, 0.15) is 22.8 Å². The minimum atomic E-state index is 0.150. The van der Waals surface area contributed by atoms with E-state index in [4.69, 9.17) is 16.3 Å². The third-order valence-electron chi connectivity index (χ3n) is 4.75. The van der Waals surface area contributed by atoms with Gasteiger partial charge in [-0.2, -0.15) is 0 Å². The largest absolute Gasteiger partial charge is 0.504 e. The van der Waals surface area contributed by atoms with Gasteiger partial charge in [-0.25, -0.2) is 9.97 Å². The van der Waals surface area contributed by atoms with Gasteiger partial charge in [-0.3, -0.25) is 4.90 Å². The lowest BCUT2D eigenvalue weighted by molar-refractivity contribution is 0.213. The van der Waals surface area contributed by atoms with Crippen molar-refractivity contribution in [2.24, 2.45) is 0 Å². The molecular formula is C22H22ClN3O2. The zero-order valence-electron chi connectivity index (χ0n) is 15.9. The topological polar surface area (TPSA) is 58.5 Å². The first-order chi connectivity index (χ1) is 13.5. The van der Waals surface area contributed by atoms with Crippen LogP contribution in [0.2, 0.25) is 5.02 Å². The van der Waals surface area contributed by atoms with E-state index in [1.54, 1.807) is 6.07 Å². The number of hydrogen-bond donors (Lipinski definition) is 1. The molecule has 1 aliphatic heterocycles. The van der Waals surface area contributed by atoms with Crippen LogP contribution in [-0.4, -0.2) is 33.1 Å². The molecule has 0 amide bonds. The van der Waals surface area contributed by atoms with E-state index in [-0.39, 0.29) is 5.75 Å². The van der Waals surface area contributed by atoms with E-state index in [1.165, 1.54) is 0 Å². The number of nitrogens with zero attached hydrogens (tertiary/aromatic N) is 3. The standard InChI is InChI=1S/C22H22ClN3O2/c1-14-8-15(2)25-21(24-14)13-26-6-7-28-22-18(12-26)9-17(11-20(22)27)16-4-3-5-19(23)10-16/h3-5,8-11,27H,6-7,12-13H2,1-2H3. The lowest BCUT2D eigenvalue weighted by Crippen LogP contribution is -2.26. The second-order valence-corrected chi connectivity index (χ2v) is 7.56. The van der Waals surface area contributed by atoms with Gasteiger partial charge in [0.25, 0.3) is 0 Å². The van der Waals surface area contributed by atoms with Gasteiger partial charge in [0.15, 0.2) is 11.5 Å². The first kappa shape index (κ1) is 18.7. The van der Waals surface area contributed by atoms with E-state index in [0.717, 1.165) is 40.4 Å². The van der Waals surface area contributed by atoms with Crippen molar-refractivity contribution in [2.45, 2.75) is 26.9 Å². The van der Waals surface area contributed by atoms with E-state index in [2.05, 4.69) is 20.9 Å². The van der Waals surface area contributed by atoms with Crippen LogP contribution in [0.3, 0.4) is 0 Å². The molecule has 0 spiro atoms. The number of aromatic hydroxyl groups is 1. The molecular weight excluding hydrogens is 374 g/mol. The third-order valence-corrected chi connectivity index (χ3v) is 4.98. The van der Waals surface area contributed by atoms with Gasteiger partial charge in [-0.15, -0.1) is 0 Å². The molecule has 4 rings (SSSR count). The monoisotopic (exact) mass is 395 g/mol. The average Bonchev–Trinajstić information content (AvgIpc) is 2.83. The first-order valence-electron chi connectivity index (χ1n) is 9.26. The van der Waals surface area contributed by atoms with Crippen LogP contribution in [0.15, 0.2) is 42.5 Å². The Labute approximate surface area is 169 Å². The molecule has 1 N–H and O–H groups in total. The Morgan fingerprint density at radius 1 is 1.07 bits per heavy atom. The number of benzene rings is 2. The Morgan fingerprint density at radius 3 is 2.61 bits per heavy atom. The molecule has 0 saturated heterocycles. The molecule has 1 aromatic heterocycles. The van der Waals surface area contributed by atoms with Gasteiger partial charge < -0.3 is 9.84 Å². The molecule has 1 aliphatic rings. The molecule has 144 valence electrons. The maximum Gasteiger partial charge on any atom is 0.165 e. The number of halogens is 1. The molecule has 0 unspecified atom stereocenters. The van der Waals surface area contributed by atoms with Crippen molar-refractivity contribution in [3.05, 3.63) is 70.3 Å². The smallest absolute Gasteiger partial charge is 0.165 e. The highest BCUT2D eigenvalue weighted by atomic mass is 35.5. The van der Waals surface area contributed by atoms with Gasteiger partial charge in [-0.05, 0) is 55.3 Å². The van der Waals surface area contributed by atoms with E-state index >= 15 is 0 Å². The summed E-state index contributed by atoms with van der Waals surface area (Å²) in [5.41, 5.74) is 4.74. The fourth-order valence-corrected chi connectivity index (χ4v) is 3.78. The number of aromatic nitrogens is 2. The van der Waals surface area contributed by atoms with Gasteiger partial charge in [0, 0.05) is 35.1 Å². The minimum absolute atomic E-state index is 0.150. The Morgan fingerprint density at radius 2 is 1.86 bits per heavy atom. The summed E-state index contributed by atoms with van der Waals surface area (Å²) in [4.78, 5) is 11.3. The molecule has 0 bridgehead atoms. The lowest BCUT2D eigenvalue weighted by atomic mass is 10.0. The number of phenolic OH excluding ortho intramolecular Hbond substituents is 1. The first-order valence-corrected chi connectivity index (χ1v) is 9.64. The second kappa shape index (κ2) is 7.78. The fourth-order valence-electron chi connectivity index (χ4n) is 3.59. The Bertz CT molecular complexity index is 1000. The summed E-state index contributed by atoms with van der Waals surface area (Å²) in [7, 11) is 0. The van der Waals surface area contributed by atoms with Crippen LogP contribution in [0.25, 0.3) is 11.1 Å². The summed E-state index contributed by atoms with van der Waals surface area (Å²) in [5.74, 6) is 1.50. The molecule has 0 aliphatic carbocycles. The summed E-state index contributed by atoms with van der Waals surface area (Å²) < 4.78 is 5.85. The number of rotatable bonds is 3. The van der Waals surface area contributed by atoms with Crippen molar-refractivity contribution >= 4 is 11.6 Å². The highest BCUT2D eigenvalue weighted by Crippen LogP contribution is 2.38. The quantitative estimate of drug-likeness (QED) is 0.706. The number of fused-ring (bicyclic) bond motifs is 1. The molecule has 2 heterocycles. The Balaban J connectivity index is 1.64. The van der Waals surface area contributed by atoms with E-state index in [1.807, 2.05) is 44.2 Å². The van der Waals surface area contributed by atoms with Gasteiger partial charge in [0.1, 0.15) is 12.4 Å². The highest BCUT2D eigenvalue weighted by Gasteiger charge is 2.21. The van der Waals surface area contributed by atoms with Crippen LogP contribution >= 0.6 is 11.6 Å². The predicted octanol–water partition coefficient (Wildman–Crippen LogP) is 4.51. The molecule has 2 aromatic carbocycles. The van der Waals surface area contributed by atoms with Crippen LogP contribution < -0.4 is 4.74 Å². The molecule has 0 saturated carbocycles. The normalized spacial score (nSPS) is 14.2. The van der Waals surface area contributed by atoms with Crippen LogP contribution in [0, 0.1) is 13.8 Å². The van der Waals surface area contributed by atoms with Crippen LogP contribution in [-0.2, 0) is 13.1 Å². The van der Waals surface area contributed by atoms with Gasteiger partial charge >= 0.3 is 0 Å². The molecule has 6 heteroatoms. The number of ether oxygens (including phenoxy) is 1. The summed E-state index contributed by atoms with van der Waals surface area (Å²) in [6.07, 6.45) is 0. The molecule has 3 aromatic rings. The third kappa shape index (κ3) is 4.11. The summed E-state index contributed by atoms with van der Waals surface area (Å²) in [5, 5.41) is 11.2. The van der Waals surface area contributed by atoms with Crippen molar-refractivity contribution in [3.8, 4) is 22.6 Å². The zero-order chi connectivity index (χ0) is 19.7. The SMILES string of the molecule is Cc1cc(C)nc(CN2CCOc3c(O)cc(-c4cccc(Cl)c4)cc3C2)n1. The summed E-state index contributed by atoms with van der Waals surface area (Å²) >= 11 is 6.13. The second-order valence-electron chi connectivity index (χ2n) is 7.12. The molecule has 28 heavy (non-hydrogen) atoms. The zero-order valence-corrected chi connectivity index (χ0v) is 16.7. The molecule has 0 atom stereocenters. The molecule has 5 nitrogen and oxygen atoms in total. The van der Waals surface area contributed by atoms with Crippen molar-refractivity contribution in [1.82, 2.24) is 14.9 Å². The minimum Gasteiger partial charge on any atom is -0.504 e. The van der Waals surface area contributed by atoms with Crippen molar-refractivity contribution in [1.29, 1.82) is 0 Å². The molecule has 0 fully saturated rings. The van der Waals surface area contributed by atoms with E-state index in [9.17, 15) is 5.11 Å². The maximum atomic E-state index is 10.5. The van der Waals surface area contributed by atoms with Crippen molar-refractivity contribution in [3.63, 3.8) is 0 Å². The maximum absolute atomic E-state index is 10.5. The van der Waals surface area contributed by atoms with Crippen LogP contribution in [0.5, 0.6) is 11.5 Å².